The summed E-state index contributed by atoms with van der Waals surface area (Å²) < 4.78 is 32.4. The first-order chi connectivity index (χ1) is 8.55. The normalized spacial score (nSPS) is 21.4. The summed E-state index contributed by atoms with van der Waals surface area (Å²) in [4.78, 5) is 11.5. The zero-order valence-corrected chi connectivity index (χ0v) is 11.5. The molecule has 1 saturated carbocycles. The molecule has 0 N–H and O–H groups in total. The van der Waals surface area contributed by atoms with Crippen molar-refractivity contribution in [2.24, 2.45) is 0 Å². The molecule has 104 valence electrons. The fourth-order valence-corrected chi connectivity index (χ4v) is 4.04. The number of hydrogen-bond donors (Lipinski definition) is 0. The van der Waals surface area contributed by atoms with Crippen molar-refractivity contribution in [2.45, 2.75) is 38.6 Å². The lowest BCUT2D eigenvalue weighted by Gasteiger charge is -2.26. The van der Waals surface area contributed by atoms with E-state index in [1.807, 2.05) is 0 Å². The van der Waals surface area contributed by atoms with Gasteiger partial charge in [-0.15, -0.1) is 0 Å². The predicted molar refractivity (Wildman–Crippen MR) is 66.1 cm³/mol. The third-order valence-electron chi connectivity index (χ3n) is 3.23. The molecule has 2 rings (SSSR count). The number of esters is 1. The third-order valence-corrected chi connectivity index (χ3v) is 5.27. The largest absolute Gasteiger partial charge is 0.465 e. The molecule has 1 aliphatic heterocycles. The second-order valence-corrected chi connectivity index (χ2v) is 6.58. The molecule has 18 heavy (non-hydrogen) atoms. The van der Waals surface area contributed by atoms with Gasteiger partial charge in [-0.25, -0.2) is 0 Å². The molecule has 1 heterocycles. The molecule has 0 amide bonds. The Hall–Kier alpha value is -0.660. The number of carbonyl (C=O) groups excluding carboxylic acids is 1. The van der Waals surface area contributed by atoms with E-state index in [4.69, 9.17) is 4.74 Å². The highest BCUT2D eigenvalue weighted by Gasteiger charge is 2.42. The van der Waals surface area contributed by atoms with Crippen molar-refractivity contribution >= 4 is 16.2 Å². The van der Waals surface area contributed by atoms with E-state index in [-0.39, 0.29) is 19.2 Å². The lowest BCUT2D eigenvalue weighted by molar-refractivity contribution is -0.143. The maximum atomic E-state index is 12.4. The Balaban J connectivity index is 2.06. The smallest absolute Gasteiger partial charge is 0.321 e. The fraction of sp³-hybridized carbons (Fsp3) is 0.909. The Morgan fingerprint density at radius 1 is 1.33 bits per heavy atom. The van der Waals surface area contributed by atoms with Crippen LogP contribution in [-0.2, 0) is 19.7 Å². The molecule has 0 aromatic carbocycles. The van der Waals surface area contributed by atoms with Crippen molar-refractivity contribution in [3.05, 3.63) is 0 Å². The summed E-state index contributed by atoms with van der Waals surface area (Å²) >= 11 is 0. The van der Waals surface area contributed by atoms with Crippen LogP contribution in [0.5, 0.6) is 0 Å². The lowest BCUT2D eigenvalue weighted by atomic mass is 10.4. The molecule has 1 saturated heterocycles. The number of carbonyl (C=O) groups is 1. The molecule has 0 radical (unpaired) electrons. The first kappa shape index (κ1) is 13.8. The first-order valence-electron chi connectivity index (χ1n) is 6.48. The van der Waals surface area contributed by atoms with Crippen molar-refractivity contribution < 1.29 is 17.9 Å². The lowest BCUT2D eigenvalue weighted by Crippen LogP contribution is -2.46. The SMILES string of the molecule is CCOC(=O)CN(C1CC1)S(=O)(=O)N1CCCC1. The molecule has 1 aliphatic carbocycles. The quantitative estimate of drug-likeness (QED) is 0.657. The highest BCUT2D eigenvalue weighted by Crippen LogP contribution is 2.31. The molecule has 2 aliphatic rings. The molecule has 0 aromatic heterocycles. The van der Waals surface area contributed by atoms with Crippen LogP contribution in [-0.4, -0.2) is 55.3 Å². The standard InChI is InChI=1S/C11H20N2O4S/c1-2-17-11(14)9-13(10-5-6-10)18(15,16)12-7-3-4-8-12/h10H,2-9H2,1H3. The maximum absolute atomic E-state index is 12.4. The molecule has 0 bridgehead atoms. The van der Waals surface area contributed by atoms with E-state index in [1.54, 1.807) is 6.92 Å². The van der Waals surface area contributed by atoms with Crippen molar-refractivity contribution in [3.63, 3.8) is 0 Å². The number of rotatable bonds is 6. The second-order valence-electron chi connectivity index (χ2n) is 4.70. The van der Waals surface area contributed by atoms with Crippen LogP contribution in [0.25, 0.3) is 0 Å². The Morgan fingerprint density at radius 3 is 2.44 bits per heavy atom. The van der Waals surface area contributed by atoms with Crippen LogP contribution in [0.15, 0.2) is 0 Å². The molecule has 0 aromatic rings. The summed E-state index contributed by atoms with van der Waals surface area (Å²) in [6.07, 6.45) is 3.48. The summed E-state index contributed by atoms with van der Waals surface area (Å²) in [6, 6.07) is -0.0139. The Kier molecular flexibility index (Phi) is 4.24. The van der Waals surface area contributed by atoms with Crippen LogP contribution in [0, 0.1) is 0 Å². The molecule has 0 spiro atoms. The monoisotopic (exact) mass is 276 g/mol. The van der Waals surface area contributed by atoms with E-state index < -0.39 is 16.2 Å². The molecular formula is C11H20N2O4S. The highest BCUT2D eigenvalue weighted by molar-refractivity contribution is 7.86. The summed E-state index contributed by atoms with van der Waals surface area (Å²) in [5.41, 5.74) is 0. The summed E-state index contributed by atoms with van der Waals surface area (Å²) in [5.74, 6) is -0.466. The summed E-state index contributed by atoms with van der Waals surface area (Å²) in [5, 5.41) is 0. The van der Waals surface area contributed by atoms with Crippen molar-refractivity contribution in [3.8, 4) is 0 Å². The number of nitrogens with zero attached hydrogens (tertiary/aromatic N) is 2. The Labute approximate surface area is 108 Å². The highest BCUT2D eigenvalue weighted by atomic mass is 32.2. The van der Waals surface area contributed by atoms with E-state index in [0.717, 1.165) is 25.7 Å². The molecular weight excluding hydrogens is 256 g/mol. The summed E-state index contributed by atoms with van der Waals surface area (Å²) in [6.45, 7) is 2.97. The number of hydrogen-bond acceptors (Lipinski definition) is 4. The van der Waals surface area contributed by atoms with Gasteiger partial charge in [-0.3, -0.25) is 4.79 Å². The second kappa shape index (κ2) is 5.54. The number of ether oxygens (including phenoxy) is 1. The minimum atomic E-state index is -3.49. The van der Waals surface area contributed by atoms with Gasteiger partial charge < -0.3 is 4.74 Å². The van der Waals surface area contributed by atoms with E-state index >= 15 is 0 Å². The van der Waals surface area contributed by atoms with Gasteiger partial charge >= 0.3 is 5.97 Å². The maximum Gasteiger partial charge on any atom is 0.321 e. The van der Waals surface area contributed by atoms with Crippen molar-refractivity contribution in [1.82, 2.24) is 8.61 Å². The van der Waals surface area contributed by atoms with Gasteiger partial charge in [0, 0.05) is 19.1 Å². The van der Waals surface area contributed by atoms with Crippen molar-refractivity contribution in [1.29, 1.82) is 0 Å². The first-order valence-corrected chi connectivity index (χ1v) is 7.88. The van der Waals surface area contributed by atoms with Crippen LogP contribution in [0.3, 0.4) is 0 Å². The predicted octanol–water partition coefficient (Wildman–Crippen LogP) is 0.354. The van der Waals surface area contributed by atoms with Gasteiger partial charge in [-0.1, -0.05) is 0 Å². The summed E-state index contributed by atoms with van der Waals surface area (Å²) in [7, 11) is -3.49. The van der Waals surface area contributed by atoms with E-state index in [9.17, 15) is 13.2 Å². The Bertz CT molecular complexity index is 399. The van der Waals surface area contributed by atoms with Crippen LogP contribution in [0.1, 0.15) is 32.6 Å². The van der Waals surface area contributed by atoms with Crippen LogP contribution in [0.2, 0.25) is 0 Å². The van der Waals surface area contributed by atoms with Gasteiger partial charge in [-0.05, 0) is 32.6 Å². The average molecular weight is 276 g/mol. The minimum Gasteiger partial charge on any atom is -0.465 e. The van der Waals surface area contributed by atoms with E-state index in [0.29, 0.717) is 13.1 Å². The van der Waals surface area contributed by atoms with Gasteiger partial charge in [0.1, 0.15) is 6.54 Å². The molecule has 6 nitrogen and oxygen atoms in total. The zero-order chi connectivity index (χ0) is 13.2. The molecule has 0 atom stereocenters. The van der Waals surface area contributed by atoms with E-state index in [2.05, 4.69) is 0 Å². The van der Waals surface area contributed by atoms with Gasteiger partial charge in [0.05, 0.1) is 6.61 Å². The zero-order valence-electron chi connectivity index (χ0n) is 10.7. The topological polar surface area (TPSA) is 66.9 Å². The van der Waals surface area contributed by atoms with Gasteiger partial charge in [0.15, 0.2) is 0 Å². The average Bonchev–Trinajstić information content (AvgIpc) is 2.98. The van der Waals surface area contributed by atoms with Crippen molar-refractivity contribution in [2.75, 3.05) is 26.2 Å². The van der Waals surface area contributed by atoms with Crippen LogP contribution < -0.4 is 0 Å². The van der Waals surface area contributed by atoms with Gasteiger partial charge in [0.2, 0.25) is 0 Å². The fourth-order valence-electron chi connectivity index (χ4n) is 2.16. The minimum absolute atomic E-state index is 0.0139. The molecule has 7 heteroatoms. The molecule has 2 fully saturated rings. The van der Waals surface area contributed by atoms with Gasteiger partial charge in [-0.2, -0.15) is 17.0 Å². The van der Waals surface area contributed by atoms with Crippen LogP contribution >= 0.6 is 0 Å². The van der Waals surface area contributed by atoms with Crippen LogP contribution in [0.4, 0.5) is 0 Å². The van der Waals surface area contributed by atoms with Gasteiger partial charge in [0.25, 0.3) is 10.2 Å². The Morgan fingerprint density at radius 2 is 1.94 bits per heavy atom. The third kappa shape index (κ3) is 3.02. The molecule has 0 unspecified atom stereocenters. The van der Waals surface area contributed by atoms with E-state index in [1.165, 1.54) is 8.61 Å².